The summed E-state index contributed by atoms with van der Waals surface area (Å²) in [5.74, 6) is 1.09. The van der Waals surface area contributed by atoms with E-state index in [0.29, 0.717) is 6.04 Å². The molecule has 0 aromatic carbocycles. The summed E-state index contributed by atoms with van der Waals surface area (Å²) in [6.07, 6.45) is 8.43. The molecule has 114 valence electrons. The molecular formula is C15H26ClN3S. The zero-order chi connectivity index (χ0) is 14.4. The highest BCUT2D eigenvalue weighted by Crippen LogP contribution is 2.33. The van der Waals surface area contributed by atoms with Gasteiger partial charge in [0.15, 0.2) is 0 Å². The fourth-order valence-corrected chi connectivity index (χ4v) is 4.56. The minimum atomic E-state index is 0.312. The summed E-state index contributed by atoms with van der Waals surface area (Å²) in [6.45, 7) is 6.23. The maximum atomic E-state index is 6.37. The molecule has 2 rings (SSSR count). The molecular weight excluding hydrogens is 290 g/mol. The summed E-state index contributed by atoms with van der Waals surface area (Å²) in [6, 6.07) is 0.312. The molecule has 1 aliphatic carbocycles. The van der Waals surface area contributed by atoms with E-state index in [0.717, 1.165) is 35.5 Å². The van der Waals surface area contributed by atoms with Crippen LogP contribution in [0.3, 0.4) is 0 Å². The Morgan fingerprint density at radius 3 is 2.85 bits per heavy atom. The minimum Gasteiger partial charge on any atom is -0.308 e. The van der Waals surface area contributed by atoms with Crippen LogP contribution in [0.5, 0.6) is 0 Å². The number of aryl methyl sites for hydroxylation is 1. The van der Waals surface area contributed by atoms with Crippen molar-refractivity contribution in [3.63, 3.8) is 0 Å². The van der Waals surface area contributed by atoms with E-state index < -0.39 is 0 Å². The van der Waals surface area contributed by atoms with Crippen molar-refractivity contribution in [3.8, 4) is 0 Å². The molecule has 1 heterocycles. The van der Waals surface area contributed by atoms with E-state index in [1.54, 1.807) is 6.20 Å². The fraction of sp³-hybridized carbons (Fsp3) is 0.800. The minimum absolute atomic E-state index is 0.312. The van der Waals surface area contributed by atoms with E-state index in [4.69, 9.17) is 11.6 Å². The second-order valence-electron chi connectivity index (χ2n) is 5.45. The maximum Gasteiger partial charge on any atom is 0.0834 e. The second-order valence-corrected chi connectivity index (χ2v) is 7.19. The number of rotatable bonds is 8. The van der Waals surface area contributed by atoms with E-state index in [9.17, 15) is 0 Å². The van der Waals surface area contributed by atoms with Crippen molar-refractivity contribution in [1.29, 1.82) is 0 Å². The van der Waals surface area contributed by atoms with Crippen LogP contribution in [0, 0.1) is 0 Å². The Bertz CT molecular complexity index is 402. The van der Waals surface area contributed by atoms with Crippen molar-refractivity contribution in [1.82, 2.24) is 15.1 Å². The number of halogens is 1. The molecule has 1 N–H and O–H groups in total. The smallest absolute Gasteiger partial charge is 0.0834 e. The van der Waals surface area contributed by atoms with Gasteiger partial charge < -0.3 is 5.32 Å². The molecule has 1 fully saturated rings. The Hall–Kier alpha value is -0.190. The molecule has 1 aromatic heterocycles. The van der Waals surface area contributed by atoms with Crippen molar-refractivity contribution >= 4 is 23.4 Å². The summed E-state index contributed by atoms with van der Waals surface area (Å²) < 4.78 is 2.07. The quantitative estimate of drug-likeness (QED) is 0.777. The molecule has 20 heavy (non-hydrogen) atoms. The van der Waals surface area contributed by atoms with Crippen LogP contribution >= 0.6 is 23.4 Å². The van der Waals surface area contributed by atoms with Crippen molar-refractivity contribution in [2.24, 2.45) is 0 Å². The number of nitrogens with one attached hydrogen (secondary N) is 1. The number of hydrogen-bond donors (Lipinski definition) is 1. The molecule has 0 radical (unpaired) electrons. The zero-order valence-corrected chi connectivity index (χ0v) is 14.1. The summed E-state index contributed by atoms with van der Waals surface area (Å²) in [5.41, 5.74) is 1.17. The van der Waals surface area contributed by atoms with Crippen LogP contribution in [0.25, 0.3) is 0 Å². The Morgan fingerprint density at radius 2 is 2.20 bits per heavy atom. The number of aromatic nitrogens is 2. The lowest BCUT2D eigenvalue weighted by Crippen LogP contribution is -2.27. The lowest BCUT2D eigenvalue weighted by atomic mass is 10.2. The van der Waals surface area contributed by atoms with Gasteiger partial charge in [0.2, 0.25) is 0 Å². The Kier molecular flexibility index (Phi) is 6.72. The monoisotopic (exact) mass is 315 g/mol. The Labute approximate surface area is 131 Å². The SMILES string of the molecule is CCCn1ncc(Cl)c1C(CSC1CCCC1)NCC. The number of hydrogen-bond acceptors (Lipinski definition) is 3. The van der Waals surface area contributed by atoms with Crippen LogP contribution in [0.1, 0.15) is 57.7 Å². The third-order valence-electron chi connectivity index (χ3n) is 3.85. The average Bonchev–Trinajstić information content (AvgIpc) is 3.06. The molecule has 1 unspecified atom stereocenters. The highest BCUT2D eigenvalue weighted by Gasteiger charge is 2.22. The first kappa shape index (κ1) is 16.2. The van der Waals surface area contributed by atoms with Gasteiger partial charge >= 0.3 is 0 Å². The van der Waals surface area contributed by atoms with Crippen LogP contribution in [0.4, 0.5) is 0 Å². The highest BCUT2D eigenvalue weighted by molar-refractivity contribution is 7.99. The molecule has 1 atom stereocenters. The first-order valence-electron chi connectivity index (χ1n) is 7.82. The van der Waals surface area contributed by atoms with E-state index in [1.165, 1.54) is 31.4 Å². The van der Waals surface area contributed by atoms with Gasteiger partial charge in [0.25, 0.3) is 0 Å². The summed E-state index contributed by atoms with van der Waals surface area (Å²) in [5, 5.41) is 9.65. The van der Waals surface area contributed by atoms with Gasteiger partial charge in [-0.15, -0.1) is 0 Å². The molecule has 3 nitrogen and oxygen atoms in total. The van der Waals surface area contributed by atoms with Crippen LogP contribution in [0.2, 0.25) is 5.02 Å². The molecule has 1 aliphatic rings. The standard InChI is InChI=1S/C15H26ClN3S/c1-3-9-19-15(13(16)10-18-19)14(17-4-2)11-20-12-7-5-6-8-12/h10,12,14,17H,3-9,11H2,1-2H3. The van der Waals surface area contributed by atoms with Crippen molar-refractivity contribution in [3.05, 3.63) is 16.9 Å². The summed E-state index contributed by atoms with van der Waals surface area (Å²) in [7, 11) is 0. The first-order chi connectivity index (χ1) is 9.76. The average molecular weight is 316 g/mol. The highest BCUT2D eigenvalue weighted by atomic mass is 35.5. The Balaban J connectivity index is 2.04. The normalized spacial score (nSPS) is 17.8. The molecule has 0 bridgehead atoms. The van der Waals surface area contributed by atoms with Gasteiger partial charge in [-0.3, -0.25) is 4.68 Å². The molecule has 0 saturated heterocycles. The van der Waals surface area contributed by atoms with E-state index in [-0.39, 0.29) is 0 Å². The Morgan fingerprint density at radius 1 is 1.45 bits per heavy atom. The molecule has 5 heteroatoms. The number of nitrogens with zero attached hydrogens (tertiary/aromatic N) is 2. The topological polar surface area (TPSA) is 29.9 Å². The second kappa shape index (κ2) is 8.30. The fourth-order valence-electron chi connectivity index (χ4n) is 2.88. The van der Waals surface area contributed by atoms with Crippen LogP contribution in [-0.4, -0.2) is 27.3 Å². The maximum absolute atomic E-state index is 6.37. The molecule has 0 aliphatic heterocycles. The van der Waals surface area contributed by atoms with Gasteiger partial charge in [-0.1, -0.05) is 38.3 Å². The third-order valence-corrected chi connectivity index (χ3v) is 5.61. The predicted octanol–water partition coefficient (Wildman–Crippen LogP) is 4.27. The first-order valence-corrected chi connectivity index (χ1v) is 9.25. The van der Waals surface area contributed by atoms with Crippen molar-refractivity contribution < 1.29 is 0 Å². The summed E-state index contributed by atoms with van der Waals surface area (Å²) in [4.78, 5) is 0. The van der Waals surface area contributed by atoms with Gasteiger partial charge in [0.05, 0.1) is 23.0 Å². The van der Waals surface area contributed by atoms with Gasteiger partial charge in [-0.2, -0.15) is 16.9 Å². The van der Waals surface area contributed by atoms with Crippen molar-refractivity contribution in [2.75, 3.05) is 12.3 Å². The van der Waals surface area contributed by atoms with Gasteiger partial charge in [-0.05, 0) is 25.8 Å². The van der Waals surface area contributed by atoms with E-state index >= 15 is 0 Å². The zero-order valence-electron chi connectivity index (χ0n) is 12.6. The predicted molar refractivity (Wildman–Crippen MR) is 88.7 cm³/mol. The van der Waals surface area contributed by atoms with Crippen LogP contribution < -0.4 is 5.32 Å². The molecule has 0 amide bonds. The van der Waals surface area contributed by atoms with E-state index in [2.05, 4.69) is 40.7 Å². The van der Waals surface area contributed by atoms with Gasteiger partial charge in [-0.25, -0.2) is 0 Å². The van der Waals surface area contributed by atoms with Crippen LogP contribution in [-0.2, 0) is 6.54 Å². The molecule has 1 aromatic rings. The van der Waals surface area contributed by atoms with Crippen LogP contribution in [0.15, 0.2) is 6.20 Å². The van der Waals surface area contributed by atoms with Gasteiger partial charge in [0.1, 0.15) is 0 Å². The van der Waals surface area contributed by atoms with Gasteiger partial charge in [0, 0.05) is 17.5 Å². The lowest BCUT2D eigenvalue weighted by Gasteiger charge is -2.21. The summed E-state index contributed by atoms with van der Waals surface area (Å²) >= 11 is 8.48. The number of thioether (sulfide) groups is 1. The third kappa shape index (κ3) is 4.15. The largest absolute Gasteiger partial charge is 0.308 e. The molecule has 1 saturated carbocycles. The lowest BCUT2D eigenvalue weighted by molar-refractivity contribution is 0.508. The van der Waals surface area contributed by atoms with Crippen molar-refractivity contribution in [2.45, 2.75) is 63.8 Å². The molecule has 0 spiro atoms. The van der Waals surface area contributed by atoms with E-state index in [1.807, 2.05) is 0 Å².